The van der Waals surface area contributed by atoms with Gasteiger partial charge in [-0.05, 0) is 19.2 Å². The van der Waals surface area contributed by atoms with Gasteiger partial charge in [-0.2, -0.15) is 13.2 Å². The van der Waals surface area contributed by atoms with E-state index in [2.05, 4.69) is 10.3 Å². The van der Waals surface area contributed by atoms with Crippen molar-refractivity contribution in [2.75, 3.05) is 18.9 Å². The van der Waals surface area contributed by atoms with Gasteiger partial charge in [0.2, 0.25) is 5.91 Å². The average molecular weight is 396 g/mol. The van der Waals surface area contributed by atoms with E-state index in [-0.39, 0.29) is 24.3 Å². The van der Waals surface area contributed by atoms with Crippen molar-refractivity contribution >= 4 is 27.9 Å². The second kappa shape index (κ2) is 7.49. The van der Waals surface area contributed by atoms with Gasteiger partial charge in [-0.1, -0.05) is 12.1 Å². The van der Waals surface area contributed by atoms with Crippen LogP contribution in [-0.2, 0) is 17.5 Å². The summed E-state index contributed by atoms with van der Waals surface area (Å²) in [5, 5.41) is 4.02. The molecule has 0 aliphatic heterocycles. The summed E-state index contributed by atoms with van der Waals surface area (Å²) in [5.74, 6) is -0.594. The molecule has 0 aliphatic carbocycles. The van der Waals surface area contributed by atoms with E-state index >= 15 is 0 Å². The Morgan fingerprint density at radius 2 is 2.07 bits per heavy atom. The van der Waals surface area contributed by atoms with Crippen LogP contribution in [0.15, 0.2) is 46.7 Å². The number of carbonyl (C=O) groups is 1. The summed E-state index contributed by atoms with van der Waals surface area (Å²) >= 11 is 1.31. The summed E-state index contributed by atoms with van der Waals surface area (Å²) < 4.78 is 40.4. The Kier molecular flexibility index (Phi) is 5.29. The first-order valence-corrected chi connectivity index (χ1v) is 8.72. The third kappa shape index (κ3) is 4.52. The number of hydrogen-bond acceptors (Lipinski definition) is 5. The molecule has 2 aromatic heterocycles. The molecule has 0 unspecified atom stereocenters. The summed E-state index contributed by atoms with van der Waals surface area (Å²) in [7, 11) is 1.62. The molecular formula is C17H15F3N4O2S. The van der Waals surface area contributed by atoms with Crippen LogP contribution in [0.2, 0.25) is 0 Å². The highest BCUT2D eigenvalue weighted by Crippen LogP contribution is 2.34. The number of benzene rings is 1. The highest BCUT2D eigenvalue weighted by atomic mass is 32.1. The van der Waals surface area contributed by atoms with Gasteiger partial charge in [-0.15, -0.1) is 11.3 Å². The molecule has 0 fully saturated rings. The molecule has 3 rings (SSSR count). The molecule has 0 spiro atoms. The maximum absolute atomic E-state index is 13.0. The van der Waals surface area contributed by atoms with E-state index in [0.29, 0.717) is 10.7 Å². The largest absolute Gasteiger partial charge is 0.418 e. The molecule has 1 amide bonds. The molecule has 10 heteroatoms. The minimum Gasteiger partial charge on any atom is -0.324 e. The highest BCUT2D eigenvalue weighted by Gasteiger charge is 2.33. The summed E-state index contributed by atoms with van der Waals surface area (Å²) in [6.45, 7) is 0.0513. The van der Waals surface area contributed by atoms with Gasteiger partial charge in [0.15, 0.2) is 4.96 Å². The number of thiazole rings is 1. The molecule has 0 saturated heterocycles. The van der Waals surface area contributed by atoms with Crippen molar-refractivity contribution in [2.45, 2.75) is 12.7 Å². The predicted molar refractivity (Wildman–Crippen MR) is 95.7 cm³/mol. The molecule has 0 bridgehead atoms. The van der Waals surface area contributed by atoms with Gasteiger partial charge in [0.1, 0.15) is 0 Å². The van der Waals surface area contributed by atoms with Crippen LogP contribution >= 0.6 is 11.3 Å². The Bertz CT molecular complexity index is 1030. The fourth-order valence-corrected chi connectivity index (χ4v) is 3.31. The van der Waals surface area contributed by atoms with Gasteiger partial charge >= 0.3 is 6.18 Å². The van der Waals surface area contributed by atoms with E-state index in [1.54, 1.807) is 23.5 Å². The number of rotatable bonds is 5. The number of likely N-dealkylation sites (N-methyl/N-ethyl adjacent to an activating group) is 1. The third-order valence-corrected chi connectivity index (χ3v) is 4.46. The Hall–Kier alpha value is -2.72. The van der Waals surface area contributed by atoms with E-state index in [0.717, 1.165) is 6.07 Å². The summed E-state index contributed by atoms with van der Waals surface area (Å²) in [6.07, 6.45) is -2.94. The molecule has 0 radical (unpaired) electrons. The lowest BCUT2D eigenvalue weighted by Gasteiger charge is -2.17. The van der Waals surface area contributed by atoms with Gasteiger partial charge in [0, 0.05) is 24.2 Å². The van der Waals surface area contributed by atoms with Gasteiger partial charge in [0.25, 0.3) is 5.56 Å². The smallest absolute Gasteiger partial charge is 0.324 e. The van der Waals surface area contributed by atoms with E-state index in [1.165, 1.54) is 40.0 Å². The molecule has 1 N–H and O–H groups in total. The second-order valence-electron chi connectivity index (χ2n) is 5.91. The average Bonchev–Trinajstić information content (AvgIpc) is 3.03. The predicted octanol–water partition coefficient (Wildman–Crippen LogP) is 2.85. The molecule has 0 atom stereocenters. The quantitative estimate of drug-likeness (QED) is 0.720. The third-order valence-electron chi connectivity index (χ3n) is 3.71. The zero-order valence-electron chi connectivity index (χ0n) is 14.2. The molecule has 27 heavy (non-hydrogen) atoms. The number of anilines is 1. The first-order chi connectivity index (χ1) is 12.7. The standard InChI is InChI=1S/C17H15F3N4O2S/c1-23(9-11-8-15(26)24-6-7-27-16(24)21-11)10-14(25)22-13-5-3-2-4-12(13)17(18,19)20/h2-8H,9-10H2,1H3,(H,22,25). The Labute approximate surface area is 155 Å². The highest BCUT2D eigenvalue weighted by molar-refractivity contribution is 7.15. The lowest BCUT2D eigenvalue weighted by atomic mass is 10.1. The maximum Gasteiger partial charge on any atom is 0.418 e. The Morgan fingerprint density at radius 1 is 1.33 bits per heavy atom. The van der Waals surface area contributed by atoms with Crippen LogP contribution in [0.1, 0.15) is 11.3 Å². The van der Waals surface area contributed by atoms with Crippen LogP contribution in [0.5, 0.6) is 0 Å². The number of para-hydroxylation sites is 1. The Balaban J connectivity index is 1.66. The van der Waals surface area contributed by atoms with Crippen molar-refractivity contribution in [1.82, 2.24) is 14.3 Å². The number of amides is 1. The lowest BCUT2D eigenvalue weighted by molar-refractivity contribution is -0.137. The number of halogens is 3. The molecule has 0 aliphatic rings. The van der Waals surface area contributed by atoms with Crippen molar-refractivity contribution < 1.29 is 18.0 Å². The SMILES string of the molecule is CN(CC(=O)Nc1ccccc1C(F)(F)F)Cc1cc(=O)n2ccsc2n1. The monoisotopic (exact) mass is 396 g/mol. The van der Waals surface area contributed by atoms with Crippen molar-refractivity contribution in [3.8, 4) is 0 Å². The molecule has 2 heterocycles. The van der Waals surface area contributed by atoms with Gasteiger partial charge in [0.05, 0.1) is 23.5 Å². The lowest BCUT2D eigenvalue weighted by Crippen LogP contribution is -2.31. The van der Waals surface area contributed by atoms with Crippen molar-refractivity contribution in [2.24, 2.45) is 0 Å². The van der Waals surface area contributed by atoms with E-state index in [1.807, 2.05) is 0 Å². The van der Waals surface area contributed by atoms with Gasteiger partial charge < -0.3 is 5.32 Å². The number of hydrogen-bond donors (Lipinski definition) is 1. The van der Waals surface area contributed by atoms with Gasteiger partial charge in [-0.25, -0.2) is 4.98 Å². The van der Waals surface area contributed by atoms with Crippen LogP contribution in [0.4, 0.5) is 18.9 Å². The fraction of sp³-hybridized carbons (Fsp3) is 0.235. The van der Waals surface area contributed by atoms with Crippen LogP contribution in [-0.4, -0.2) is 33.8 Å². The topological polar surface area (TPSA) is 66.7 Å². The van der Waals surface area contributed by atoms with E-state index in [4.69, 9.17) is 0 Å². The summed E-state index contributed by atoms with van der Waals surface area (Å²) in [5.41, 5.74) is -0.944. The molecule has 6 nitrogen and oxygen atoms in total. The molecule has 3 aromatic rings. The molecule has 1 aromatic carbocycles. The van der Waals surface area contributed by atoms with Crippen LogP contribution in [0, 0.1) is 0 Å². The minimum absolute atomic E-state index is 0.155. The number of nitrogens with zero attached hydrogens (tertiary/aromatic N) is 3. The van der Waals surface area contributed by atoms with E-state index in [9.17, 15) is 22.8 Å². The number of fused-ring (bicyclic) bond motifs is 1. The number of carbonyl (C=O) groups excluding carboxylic acids is 1. The Morgan fingerprint density at radius 3 is 2.81 bits per heavy atom. The first kappa shape index (κ1) is 19.1. The van der Waals surface area contributed by atoms with Crippen LogP contribution < -0.4 is 10.9 Å². The number of aromatic nitrogens is 2. The molecular weight excluding hydrogens is 381 g/mol. The van der Waals surface area contributed by atoms with Gasteiger partial charge in [-0.3, -0.25) is 18.9 Å². The zero-order valence-corrected chi connectivity index (χ0v) is 15.0. The zero-order chi connectivity index (χ0) is 19.6. The maximum atomic E-state index is 13.0. The minimum atomic E-state index is -4.56. The second-order valence-corrected chi connectivity index (χ2v) is 6.78. The number of nitrogens with one attached hydrogen (secondary N) is 1. The van der Waals surface area contributed by atoms with Crippen LogP contribution in [0.3, 0.4) is 0 Å². The summed E-state index contributed by atoms with van der Waals surface area (Å²) in [4.78, 5) is 30.5. The normalized spacial score (nSPS) is 11.9. The fourth-order valence-electron chi connectivity index (χ4n) is 2.58. The molecule has 142 valence electrons. The van der Waals surface area contributed by atoms with E-state index < -0.39 is 17.6 Å². The van der Waals surface area contributed by atoms with Crippen molar-refractivity contribution in [1.29, 1.82) is 0 Å². The molecule has 0 saturated carbocycles. The van der Waals surface area contributed by atoms with Crippen LogP contribution in [0.25, 0.3) is 4.96 Å². The summed E-state index contributed by atoms with van der Waals surface area (Å²) in [6, 6.07) is 6.16. The number of alkyl halides is 3. The first-order valence-electron chi connectivity index (χ1n) is 7.84. The van der Waals surface area contributed by atoms with Crippen molar-refractivity contribution in [3.63, 3.8) is 0 Å². The van der Waals surface area contributed by atoms with Crippen molar-refractivity contribution in [3.05, 3.63) is 63.5 Å².